The van der Waals surface area contributed by atoms with Gasteiger partial charge in [-0.05, 0) is 30.3 Å². The molecule has 112 valence electrons. The molecule has 0 bridgehead atoms. The van der Waals surface area contributed by atoms with Crippen molar-refractivity contribution in [2.24, 2.45) is 0 Å². The molecule has 1 heterocycles. The van der Waals surface area contributed by atoms with Crippen LogP contribution in [0.2, 0.25) is 0 Å². The van der Waals surface area contributed by atoms with E-state index in [1.54, 1.807) is 0 Å². The lowest BCUT2D eigenvalue weighted by atomic mass is 10.1. The maximum absolute atomic E-state index is 13.3. The van der Waals surface area contributed by atoms with Crippen molar-refractivity contribution in [2.75, 3.05) is 11.6 Å². The molecule has 0 aromatic heterocycles. The topological polar surface area (TPSA) is 66.8 Å². The van der Waals surface area contributed by atoms with Gasteiger partial charge < -0.3 is 9.84 Å². The van der Waals surface area contributed by atoms with Crippen molar-refractivity contribution < 1.29 is 28.2 Å². The van der Waals surface area contributed by atoms with Gasteiger partial charge >= 0.3 is 5.97 Å². The van der Waals surface area contributed by atoms with E-state index in [-0.39, 0.29) is 23.6 Å². The van der Waals surface area contributed by atoms with Gasteiger partial charge in [0.25, 0.3) is 5.91 Å². The van der Waals surface area contributed by atoms with Crippen LogP contribution >= 0.6 is 0 Å². The molecule has 0 saturated heterocycles. The van der Waals surface area contributed by atoms with Gasteiger partial charge in [0.2, 0.25) is 0 Å². The number of nitrogens with zero attached hydrogens (tertiary/aromatic N) is 1. The SMILES string of the molecule is O=C(O)c1ccc(N2COc3cc(F)c(F)cc3C2=O)cc1. The van der Waals surface area contributed by atoms with Crippen LogP contribution in [0, 0.1) is 11.6 Å². The zero-order valence-electron chi connectivity index (χ0n) is 11.0. The van der Waals surface area contributed by atoms with E-state index in [0.29, 0.717) is 5.69 Å². The molecule has 1 amide bonds. The Hall–Kier alpha value is -2.96. The van der Waals surface area contributed by atoms with Crippen molar-refractivity contribution in [3.63, 3.8) is 0 Å². The van der Waals surface area contributed by atoms with Gasteiger partial charge in [-0.3, -0.25) is 9.69 Å². The number of anilines is 1. The first-order valence-corrected chi connectivity index (χ1v) is 6.24. The zero-order chi connectivity index (χ0) is 15.9. The maximum atomic E-state index is 13.3. The summed E-state index contributed by atoms with van der Waals surface area (Å²) in [7, 11) is 0. The van der Waals surface area contributed by atoms with Crippen LogP contribution in [0.15, 0.2) is 36.4 Å². The van der Waals surface area contributed by atoms with Crippen molar-refractivity contribution in [3.8, 4) is 5.75 Å². The first kappa shape index (κ1) is 14.0. The Morgan fingerprint density at radius 1 is 1.14 bits per heavy atom. The van der Waals surface area contributed by atoms with Crippen LogP contribution in [0.3, 0.4) is 0 Å². The number of hydrogen-bond donors (Lipinski definition) is 1. The number of halogens is 2. The highest BCUT2D eigenvalue weighted by atomic mass is 19.2. The molecule has 1 N–H and O–H groups in total. The minimum Gasteiger partial charge on any atom is -0.478 e. The number of benzene rings is 2. The van der Waals surface area contributed by atoms with E-state index in [1.165, 1.54) is 29.2 Å². The second kappa shape index (κ2) is 5.10. The van der Waals surface area contributed by atoms with E-state index in [2.05, 4.69) is 0 Å². The van der Waals surface area contributed by atoms with Crippen LogP contribution in [0.25, 0.3) is 0 Å². The summed E-state index contributed by atoms with van der Waals surface area (Å²) >= 11 is 0. The lowest BCUT2D eigenvalue weighted by molar-refractivity contribution is 0.0696. The number of carbonyl (C=O) groups is 2. The van der Waals surface area contributed by atoms with Gasteiger partial charge in [0.05, 0.1) is 11.1 Å². The molecular weight excluding hydrogens is 296 g/mol. The number of ether oxygens (including phenoxy) is 1. The molecule has 0 fully saturated rings. The van der Waals surface area contributed by atoms with Gasteiger partial charge in [-0.25, -0.2) is 13.6 Å². The normalized spacial score (nSPS) is 13.5. The summed E-state index contributed by atoms with van der Waals surface area (Å²) in [5, 5.41) is 8.84. The summed E-state index contributed by atoms with van der Waals surface area (Å²) in [5.74, 6) is -3.90. The average Bonchev–Trinajstić information content (AvgIpc) is 2.50. The minimum atomic E-state index is -1.14. The number of carboxylic acid groups (broad SMARTS) is 1. The lowest BCUT2D eigenvalue weighted by Crippen LogP contribution is -2.38. The highest BCUT2D eigenvalue weighted by molar-refractivity contribution is 6.08. The second-order valence-electron chi connectivity index (χ2n) is 4.62. The van der Waals surface area contributed by atoms with E-state index in [1.807, 2.05) is 0 Å². The number of aromatic carboxylic acids is 1. The number of fused-ring (bicyclic) bond motifs is 1. The summed E-state index contributed by atoms with van der Waals surface area (Å²) in [6.07, 6.45) is 0. The first-order valence-electron chi connectivity index (χ1n) is 6.24. The molecule has 0 radical (unpaired) electrons. The van der Waals surface area contributed by atoms with Crippen molar-refractivity contribution in [2.45, 2.75) is 0 Å². The highest BCUT2D eigenvalue weighted by Crippen LogP contribution is 2.30. The summed E-state index contributed by atoms with van der Waals surface area (Å²) in [6, 6.07) is 7.17. The molecule has 2 aromatic rings. The Balaban J connectivity index is 1.95. The molecule has 5 nitrogen and oxygen atoms in total. The molecule has 1 aliphatic heterocycles. The molecule has 0 aliphatic carbocycles. The molecule has 0 unspecified atom stereocenters. The van der Waals surface area contributed by atoms with Crippen LogP contribution in [-0.2, 0) is 0 Å². The first-order chi connectivity index (χ1) is 10.5. The fourth-order valence-corrected chi connectivity index (χ4v) is 2.13. The van der Waals surface area contributed by atoms with E-state index in [9.17, 15) is 18.4 Å². The quantitative estimate of drug-likeness (QED) is 0.926. The lowest BCUT2D eigenvalue weighted by Gasteiger charge is -2.28. The molecule has 2 aromatic carbocycles. The second-order valence-corrected chi connectivity index (χ2v) is 4.62. The Morgan fingerprint density at radius 3 is 2.41 bits per heavy atom. The predicted molar refractivity (Wildman–Crippen MR) is 72.1 cm³/mol. The van der Waals surface area contributed by atoms with E-state index < -0.39 is 23.5 Å². The molecular formula is C15H9F2NO4. The number of carboxylic acids is 1. The van der Waals surface area contributed by atoms with Crippen LogP contribution < -0.4 is 9.64 Å². The number of rotatable bonds is 2. The molecule has 0 spiro atoms. The predicted octanol–water partition coefficient (Wildman–Crippen LogP) is 2.66. The maximum Gasteiger partial charge on any atom is 0.335 e. The van der Waals surface area contributed by atoms with E-state index >= 15 is 0 Å². The molecule has 22 heavy (non-hydrogen) atoms. The fourth-order valence-electron chi connectivity index (χ4n) is 2.13. The van der Waals surface area contributed by atoms with Crippen molar-refractivity contribution in [1.29, 1.82) is 0 Å². The van der Waals surface area contributed by atoms with Gasteiger partial charge in [-0.1, -0.05) is 0 Å². The monoisotopic (exact) mass is 305 g/mol. The largest absolute Gasteiger partial charge is 0.478 e. The zero-order valence-corrected chi connectivity index (χ0v) is 11.0. The molecule has 3 rings (SSSR count). The van der Waals surface area contributed by atoms with Gasteiger partial charge in [0, 0.05) is 11.8 Å². The van der Waals surface area contributed by atoms with Gasteiger partial charge in [0.1, 0.15) is 5.75 Å². The molecule has 0 atom stereocenters. The summed E-state index contributed by atoms with van der Waals surface area (Å²) in [4.78, 5) is 24.3. The number of carbonyl (C=O) groups excluding carboxylic acids is 1. The minimum absolute atomic E-state index is 0.0256. The van der Waals surface area contributed by atoms with Crippen LogP contribution in [0.1, 0.15) is 20.7 Å². The molecule has 1 aliphatic rings. The Morgan fingerprint density at radius 2 is 1.77 bits per heavy atom. The molecule has 0 saturated carbocycles. The Labute approximate surface area is 123 Å². The Bertz CT molecular complexity index is 774. The van der Waals surface area contributed by atoms with Crippen molar-refractivity contribution >= 4 is 17.6 Å². The third-order valence-corrected chi connectivity index (χ3v) is 3.27. The average molecular weight is 305 g/mol. The van der Waals surface area contributed by atoms with Crippen LogP contribution in [0.4, 0.5) is 14.5 Å². The van der Waals surface area contributed by atoms with Gasteiger partial charge in [-0.2, -0.15) is 0 Å². The van der Waals surface area contributed by atoms with Gasteiger partial charge in [0.15, 0.2) is 18.4 Å². The third-order valence-electron chi connectivity index (χ3n) is 3.27. The molecule has 7 heteroatoms. The van der Waals surface area contributed by atoms with Crippen LogP contribution in [-0.4, -0.2) is 23.7 Å². The van der Waals surface area contributed by atoms with Crippen molar-refractivity contribution in [1.82, 2.24) is 0 Å². The highest BCUT2D eigenvalue weighted by Gasteiger charge is 2.28. The van der Waals surface area contributed by atoms with Gasteiger partial charge in [-0.15, -0.1) is 0 Å². The number of amides is 1. The smallest absolute Gasteiger partial charge is 0.335 e. The Kier molecular flexibility index (Phi) is 3.25. The number of hydrogen-bond acceptors (Lipinski definition) is 3. The summed E-state index contributed by atoms with van der Waals surface area (Å²) in [6.45, 7) is -0.177. The van der Waals surface area contributed by atoms with Crippen LogP contribution in [0.5, 0.6) is 5.75 Å². The third kappa shape index (κ3) is 2.26. The van der Waals surface area contributed by atoms with Crippen molar-refractivity contribution in [3.05, 3.63) is 59.2 Å². The summed E-state index contributed by atoms with van der Waals surface area (Å²) in [5.41, 5.74) is 0.375. The standard InChI is InChI=1S/C15H9F2NO4/c16-11-5-10-13(6-12(11)17)22-7-18(14(10)19)9-3-1-8(2-4-9)15(20)21/h1-6H,7H2,(H,20,21). The summed E-state index contributed by atoms with van der Waals surface area (Å²) < 4.78 is 31.7. The fraction of sp³-hybridized carbons (Fsp3) is 0.0667. The van der Waals surface area contributed by atoms with E-state index in [0.717, 1.165) is 12.1 Å². The van der Waals surface area contributed by atoms with E-state index in [4.69, 9.17) is 9.84 Å².